The number of rotatable bonds is 6. The summed E-state index contributed by atoms with van der Waals surface area (Å²) in [5, 5.41) is 0. The molecule has 0 saturated heterocycles. The number of carbonyl (C=O) groups is 1. The van der Waals surface area contributed by atoms with E-state index in [1.807, 2.05) is 31.2 Å². The van der Waals surface area contributed by atoms with Crippen molar-refractivity contribution in [1.29, 1.82) is 0 Å². The smallest absolute Gasteiger partial charge is 0.251 e. The number of aromatic nitrogens is 1. The first-order valence-corrected chi connectivity index (χ1v) is 8.10. The van der Waals surface area contributed by atoms with Crippen molar-refractivity contribution < 1.29 is 9.53 Å². The standard InChI is InChI=1S/C17H19BrN2O3/c1-3-23-15-7-4-13(5-8-15)10-19(2)17(22)12-20-11-14(18)6-9-16(20)21/h4-9,11H,3,10,12H2,1-2H3. The molecule has 5 nitrogen and oxygen atoms in total. The molecule has 0 N–H and O–H groups in total. The van der Waals surface area contributed by atoms with Crippen LogP contribution in [-0.2, 0) is 17.9 Å². The van der Waals surface area contributed by atoms with Gasteiger partial charge in [0.25, 0.3) is 5.56 Å². The molecule has 0 atom stereocenters. The maximum atomic E-state index is 12.3. The van der Waals surface area contributed by atoms with E-state index < -0.39 is 0 Å². The van der Waals surface area contributed by atoms with Crippen LogP contribution >= 0.6 is 15.9 Å². The summed E-state index contributed by atoms with van der Waals surface area (Å²) in [6.45, 7) is 3.06. The number of amides is 1. The lowest BCUT2D eigenvalue weighted by molar-refractivity contribution is -0.131. The quantitative estimate of drug-likeness (QED) is 0.776. The molecule has 122 valence electrons. The molecular weight excluding hydrogens is 360 g/mol. The molecule has 1 aromatic carbocycles. The van der Waals surface area contributed by atoms with Gasteiger partial charge in [-0.1, -0.05) is 12.1 Å². The Kier molecular flexibility index (Phi) is 5.98. The molecule has 0 unspecified atom stereocenters. The van der Waals surface area contributed by atoms with Gasteiger partial charge in [0.05, 0.1) is 6.61 Å². The van der Waals surface area contributed by atoms with Gasteiger partial charge < -0.3 is 14.2 Å². The van der Waals surface area contributed by atoms with Crippen molar-refractivity contribution in [2.24, 2.45) is 0 Å². The highest BCUT2D eigenvalue weighted by Crippen LogP contribution is 2.13. The van der Waals surface area contributed by atoms with Gasteiger partial charge in [0.1, 0.15) is 12.3 Å². The first kappa shape index (κ1) is 17.3. The summed E-state index contributed by atoms with van der Waals surface area (Å²) in [5.74, 6) is 0.685. The molecule has 1 heterocycles. The van der Waals surface area contributed by atoms with E-state index in [0.717, 1.165) is 15.8 Å². The highest BCUT2D eigenvalue weighted by molar-refractivity contribution is 9.10. The predicted molar refractivity (Wildman–Crippen MR) is 92.5 cm³/mol. The van der Waals surface area contributed by atoms with Gasteiger partial charge in [-0.05, 0) is 46.6 Å². The van der Waals surface area contributed by atoms with E-state index in [0.29, 0.717) is 13.2 Å². The third-order valence-corrected chi connectivity index (χ3v) is 3.80. The summed E-state index contributed by atoms with van der Waals surface area (Å²) in [6.07, 6.45) is 1.62. The number of nitrogens with zero attached hydrogens (tertiary/aromatic N) is 2. The van der Waals surface area contributed by atoms with Crippen molar-refractivity contribution in [2.45, 2.75) is 20.0 Å². The number of pyridine rings is 1. The molecule has 23 heavy (non-hydrogen) atoms. The van der Waals surface area contributed by atoms with Gasteiger partial charge in [-0.25, -0.2) is 0 Å². The molecule has 0 saturated carbocycles. The molecule has 0 aliphatic heterocycles. The molecule has 2 aromatic rings. The predicted octanol–water partition coefficient (Wildman–Crippen LogP) is 2.67. The van der Waals surface area contributed by atoms with Crippen LogP contribution < -0.4 is 10.3 Å². The van der Waals surface area contributed by atoms with E-state index in [2.05, 4.69) is 15.9 Å². The largest absolute Gasteiger partial charge is 0.494 e. The van der Waals surface area contributed by atoms with Gasteiger partial charge in [-0.3, -0.25) is 9.59 Å². The number of carbonyl (C=O) groups excluding carboxylic acids is 1. The Labute approximate surface area is 143 Å². The fraction of sp³-hybridized carbons (Fsp3) is 0.294. The summed E-state index contributed by atoms with van der Waals surface area (Å²) in [4.78, 5) is 25.6. The van der Waals surface area contributed by atoms with Crippen LogP contribution in [0.2, 0.25) is 0 Å². The van der Waals surface area contributed by atoms with Crippen LogP contribution in [0.5, 0.6) is 5.75 Å². The second kappa shape index (κ2) is 7.97. The zero-order valence-electron chi connectivity index (χ0n) is 13.2. The van der Waals surface area contributed by atoms with Crippen molar-refractivity contribution >= 4 is 21.8 Å². The SMILES string of the molecule is CCOc1ccc(CN(C)C(=O)Cn2cc(Br)ccc2=O)cc1. The maximum absolute atomic E-state index is 12.3. The van der Waals surface area contributed by atoms with Crippen molar-refractivity contribution in [3.8, 4) is 5.75 Å². The molecule has 0 aliphatic rings. The second-order valence-electron chi connectivity index (χ2n) is 5.14. The van der Waals surface area contributed by atoms with Crippen molar-refractivity contribution in [2.75, 3.05) is 13.7 Å². The van der Waals surface area contributed by atoms with E-state index in [1.54, 1.807) is 24.2 Å². The minimum Gasteiger partial charge on any atom is -0.494 e. The van der Waals surface area contributed by atoms with Crippen LogP contribution in [0.15, 0.2) is 51.9 Å². The molecule has 1 amide bonds. The number of hydrogen-bond donors (Lipinski definition) is 0. The van der Waals surface area contributed by atoms with E-state index in [9.17, 15) is 9.59 Å². The Balaban J connectivity index is 1.99. The average molecular weight is 379 g/mol. The highest BCUT2D eigenvalue weighted by Gasteiger charge is 2.11. The fourth-order valence-corrected chi connectivity index (χ4v) is 2.49. The Morgan fingerprint density at radius 2 is 1.91 bits per heavy atom. The normalized spacial score (nSPS) is 10.4. The topological polar surface area (TPSA) is 51.5 Å². The van der Waals surface area contributed by atoms with E-state index >= 15 is 0 Å². The van der Waals surface area contributed by atoms with Crippen LogP contribution in [0, 0.1) is 0 Å². The minimum atomic E-state index is -0.198. The van der Waals surface area contributed by atoms with Crippen LogP contribution in [0.3, 0.4) is 0 Å². The van der Waals surface area contributed by atoms with E-state index in [-0.39, 0.29) is 18.0 Å². The van der Waals surface area contributed by atoms with Crippen LogP contribution in [0.1, 0.15) is 12.5 Å². The number of halogens is 1. The molecule has 0 radical (unpaired) electrons. The third kappa shape index (κ3) is 4.96. The average Bonchev–Trinajstić information content (AvgIpc) is 2.53. The van der Waals surface area contributed by atoms with Gasteiger partial charge >= 0.3 is 0 Å². The van der Waals surface area contributed by atoms with Crippen molar-refractivity contribution in [3.05, 3.63) is 63.0 Å². The van der Waals surface area contributed by atoms with E-state index in [4.69, 9.17) is 4.74 Å². The fourth-order valence-electron chi connectivity index (χ4n) is 2.11. The summed E-state index contributed by atoms with van der Waals surface area (Å²) in [7, 11) is 1.72. The van der Waals surface area contributed by atoms with Crippen LogP contribution in [0.25, 0.3) is 0 Å². The number of likely N-dealkylation sites (N-methyl/N-ethyl adjacent to an activating group) is 1. The number of benzene rings is 1. The Morgan fingerprint density at radius 1 is 1.22 bits per heavy atom. The Bertz CT molecular complexity index is 725. The molecule has 6 heteroatoms. The number of hydrogen-bond acceptors (Lipinski definition) is 3. The Hall–Kier alpha value is -2.08. The lowest BCUT2D eigenvalue weighted by atomic mass is 10.2. The van der Waals surface area contributed by atoms with Gasteiger partial charge in [0.2, 0.25) is 5.91 Å². The lowest BCUT2D eigenvalue weighted by Gasteiger charge is -2.18. The first-order chi connectivity index (χ1) is 11.0. The maximum Gasteiger partial charge on any atom is 0.251 e. The van der Waals surface area contributed by atoms with Gasteiger partial charge in [0, 0.05) is 30.3 Å². The molecule has 2 rings (SSSR count). The van der Waals surface area contributed by atoms with Gasteiger partial charge in [0.15, 0.2) is 0 Å². The summed E-state index contributed by atoms with van der Waals surface area (Å²) in [6, 6.07) is 10.7. The monoisotopic (exact) mass is 378 g/mol. The summed E-state index contributed by atoms with van der Waals surface area (Å²) >= 11 is 3.30. The summed E-state index contributed by atoms with van der Waals surface area (Å²) in [5.41, 5.74) is 0.807. The van der Waals surface area contributed by atoms with Crippen LogP contribution in [-0.4, -0.2) is 29.0 Å². The molecule has 1 aromatic heterocycles. The van der Waals surface area contributed by atoms with Crippen LogP contribution in [0.4, 0.5) is 0 Å². The molecule has 0 fully saturated rings. The molecule has 0 bridgehead atoms. The molecule has 0 spiro atoms. The zero-order chi connectivity index (χ0) is 16.8. The highest BCUT2D eigenvalue weighted by atomic mass is 79.9. The second-order valence-corrected chi connectivity index (χ2v) is 6.06. The van der Waals surface area contributed by atoms with E-state index in [1.165, 1.54) is 10.6 Å². The zero-order valence-corrected chi connectivity index (χ0v) is 14.7. The van der Waals surface area contributed by atoms with Gasteiger partial charge in [-0.15, -0.1) is 0 Å². The van der Waals surface area contributed by atoms with Crippen molar-refractivity contribution in [3.63, 3.8) is 0 Å². The first-order valence-electron chi connectivity index (χ1n) is 7.31. The van der Waals surface area contributed by atoms with Crippen molar-refractivity contribution in [1.82, 2.24) is 9.47 Å². The molecular formula is C17H19BrN2O3. The minimum absolute atomic E-state index is 0.0196. The number of ether oxygens (including phenoxy) is 1. The molecule has 0 aliphatic carbocycles. The Morgan fingerprint density at radius 3 is 2.57 bits per heavy atom. The summed E-state index contributed by atoms with van der Waals surface area (Å²) < 4.78 is 7.55. The lowest BCUT2D eigenvalue weighted by Crippen LogP contribution is -2.33. The third-order valence-electron chi connectivity index (χ3n) is 3.33. The van der Waals surface area contributed by atoms with Gasteiger partial charge in [-0.2, -0.15) is 0 Å².